The highest BCUT2D eigenvalue weighted by Crippen LogP contribution is 2.28. The van der Waals surface area contributed by atoms with E-state index in [1.165, 1.54) is 19.8 Å². The van der Waals surface area contributed by atoms with E-state index in [0.717, 1.165) is 12.8 Å². The van der Waals surface area contributed by atoms with E-state index in [0.29, 0.717) is 23.7 Å². The van der Waals surface area contributed by atoms with Crippen LogP contribution in [0.5, 0.6) is 5.75 Å². The highest BCUT2D eigenvalue weighted by atomic mass is 16.5. The molecule has 1 saturated carbocycles. The van der Waals surface area contributed by atoms with Crippen LogP contribution in [0.1, 0.15) is 49.4 Å². The van der Waals surface area contributed by atoms with Crippen LogP contribution in [0.25, 0.3) is 0 Å². The van der Waals surface area contributed by atoms with Gasteiger partial charge in [-0.25, -0.2) is 0 Å². The third-order valence-corrected chi connectivity index (χ3v) is 3.40. The van der Waals surface area contributed by atoms with Gasteiger partial charge < -0.3 is 4.74 Å². The van der Waals surface area contributed by atoms with E-state index in [2.05, 4.69) is 0 Å². The monoisotopic (exact) mass is 246 g/mol. The molecule has 1 aromatic carbocycles. The summed E-state index contributed by atoms with van der Waals surface area (Å²) < 4.78 is 5.28. The number of esters is 1. The summed E-state index contributed by atoms with van der Waals surface area (Å²) in [5.74, 6) is 0.727. The highest BCUT2D eigenvalue weighted by molar-refractivity contribution is 5.94. The maximum atomic E-state index is 11.7. The number of hydrogen-bond acceptors (Lipinski definition) is 3. The minimum Gasteiger partial charge on any atom is -0.426 e. The summed E-state index contributed by atoms with van der Waals surface area (Å²) in [7, 11) is 0. The summed E-state index contributed by atoms with van der Waals surface area (Å²) in [5.41, 5.74) is 0.571. The van der Waals surface area contributed by atoms with Gasteiger partial charge in [0.25, 0.3) is 0 Å². The van der Waals surface area contributed by atoms with Gasteiger partial charge in [0.15, 0.2) is 5.78 Å². The molecule has 0 amide bonds. The maximum absolute atomic E-state index is 11.7. The topological polar surface area (TPSA) is 43.4 Å². The second-order valence-corrected chi connectivity index (χ2v) is 4.91. The molecular weight excluding hydrogens is 228 g/mol. The van der Waals surface area contributed by atoms with Crippen LogP contribution in [-0.2, 0) is 4.79 Å². The van der Waals surface area contributed by atoms with Gasteiger partial charge in [0.2, 0.25) is 0 Å². The normalized spacial score (nSPS) is 15.6. The number of benzene rings is 1. The van der Waals surface area contributed by atoms with Crippen molar-refractivity contribution in [2.75, 3.05) is 0 Å². The number of rotatable bonds is 4. The van der Waals surface area contributed by atoms with Crippen molar-refractivity contribution in [3.05, 3.63) is 29.8 Å². The number of carbonyl (C=O) groups is 2. The van der Waals surface area contributed by atoms with Crippen LogP contribution >= 0.6 is 0 Å². The van der Waals surface area contributed by atoms with E-state index in [1.807, 2.05) is 0 Å². The fourth-order valence-electron chi connectivity index (χ4n) is 2.40. The van der Waals surface area contributed by atoms with Gasteiger partial charge in [0, 0.05) is 12.0 Å². The molecule has 1 fully saturated rings. The summed E-state index contributed by atoms with van der Waals surface area (Å²) in [4.78, 5) is 23.0. The molecule has 0 aliphatic heterocycles. The molecule has 0 spiro atoms. The fraction of sp³-hybridized carbons (Fsp3) is 0.467. The fourth-order valence-corrected chi connectivity index (χ4v) is 2.40. The lowest BCUT2D eigenvalue weighted by Crippen LogP contribution is -2.12. The average molecular weight is 246 g/mol. The Labute approximate surface area is 107 Å². The molecule has 1 aliphatic rings. The standard InChI is InChI=1S/C15H18O3/c1-11(16)13-7-4-8-14(10-13)18-15(17)9-12-5-2-3-6-12/h4,7-8,10,12H,2-3,5-6,9H2,1H3. The minimum atomic E-state index is -0.192. The van der Waals surface area contributed by atoms with Crippen LogP contribution in [0, 0.1) is 5.92 Å². The predicted molar refractivity (Wildman–Crippen MR) is 68.7 cm³/mol. The van der Waals surface area contributed by atoms with E-state index in [1.54, 1.807) is 24.3 Å². The number of hydrogen-bond donors (Lipinski definition) is 0. The van der Waals surface area contributed by atoms with E-state index in [9.17, 15) is 9.59 Å². The number of ketones is 1. The molecule has 0 radical (unpaired) electrons. The molecule has 96 valence electrons. The van der Waals surface area contributed by atoms with Crippen molar-refractivity contribution in [2.24, 2.45) is 5.92 Å². The highest BCUT2D eigenvalue weighted by Gasteiger charge is 2.19. The van der Waals surface area contributed by atoms with Gasteiger partial charge in [0.05, 0.1) is 0 Å². The molecule has 2 rings (SSSR count). The summed E-state index contributed by atoms with van der Waals surface area (Å²) >= 11 is 0. The van der Waals surface area contributed by atoms with Crippen LogP contribution in [-0.4, -0.2) is 11.8 Å². The van der Waals surface area contributed by atoms with E-state index < -0.39 is 0 Å². The summed E-state index contributed by atoms with van der Waals surface area (Å²) in [5, 5.41) is 0. The first kappa shape index (κ1) is 12.8. The smallest absolute Gasteiger partial charge is 0.311 e. The third-order valence-electron chi connectivity index (χ3n) is 3.40. The van der Waals surface area contributed by atoms with Crippen LogP contribution in [0.15, 0.2) is 24.3 Å². The van der Waals surface area contributed by atoms with E-state index >= 15 is 0 Å². The lowest BCUT2D eigenvalue weighted by molar-refractivity contribution is -0.135. The Morgan fingerprint density at radius 3 is 2.67 bits per heavy atom. The molecule has 3 heteroatoms. The number of ether oxygens (including phenoxy) is 1. The van der Waals surface area contributed by atoms with Gasteiger partial charge in [-0.1, -0.05) is 25.0 Å². The zero-order valence-corrected chi connectivity index (χ0v) is 10.6. The quantitative estimate of drug-likeness (QED) is 0.464. The first-order chi connectivity index (χ1) is 8.65. The van der Waals surface area contributed by atoms with E-state index in [4.69, 9.17) is 4.74 Å². The van der Waals surface area contributed by atoms with Crippen LogP contribution in [0.3, 0.4) is 0 Å². The molecule has 0 N–H and O–H groups in total. The van der Waals surface area contributed by atoms with Gasteiger partial charge in [-0.3, -0.25) is 9.59 Å². The molecule has 0 heterocycles. The van der Waals surface area contributed by atoms with Crippen LogP contribution in [0.2, 0.25) is 0 Å². The number of Topliss-reactive ketones (excluding diaryl/α,β-unsaturated/α-hetero) is 1. The van der Waals surface area contributed by atoms with Crippen LogP contribution in [0.4, 0.5) is 0 Å². The first-order valence-corrected chi connectivity index (χ1v) is 6.47. The Morgan fingerprint density at radius 2 is 2.00 bits per heavy atom. The van der Waals surface area contributed by atoms with Crippen molar-refractivity contribution >= 4 is 11.8 Å². The average Bonchev–Trinajstić information content (AvgIpc) is 2.82. The zero-order valence-electron chi connectivity index (χ0n) is 10.6. The predicted octanol–water partition coefficient (Wildman–Crippen LogP) is 3.37. The maximum Gasteiger partial charge on any atom is 0.311 e. The Kier molecular flexibility index (Phi) is 4.13. The van der Waals surface area contributed by atoms with Crippen LogP contribution < -0.4 is 4.74 Å². The largest absolute Gasteiger partial charge is 0.426 e. The van der Waals surface area contributed by atoms with Gasteiger partial charge in [0.1, 0.15) is 5.75 Å². The van der Waals surface area contributed by atoms with Crippen molar-refractivity contribution in [2.45, 2.75) is 39.0 Å². The molecule has 0 unspecified atom stereocenters. The Bertz CT molecular complexity index is 445. The Morgan fingerprint density at radius 1 is 1.28 bits per heavy atom. The molecular formula is C15H18O3. The molecule has 0 aromatic heterocycles. The number of carbonyl (C=O) groups excluding carboxylic acids is 2. The molecule has 18 heavy (non-hydrogen) atoms. The molecule has 1 aliphatic carbocycles. The second kappa shape index (κ2) is 5.80. The summed E-state index contributed by atoms with van der Waals surface area (Å²) in [6.45, 7) is 1.50. The molecule has 3 nitrogen and oxygen atoms in total. The minimum absolute atomic E-state index is 0.0244. The van der Waals surface area contributed by atoms with Crippen molar-refractivity contribution in [1.29, 1.82) is 0 Å². The third kappa shape index (κ3) is 3.42. The Hall–Kier alpha value is -1.64. The molecule has 0 saturated heterocycles. The van der Waals surface area contributed by atoms with Crippen molar-refractivity contribution in [3.8, 4) is 5.75 Å². The molecule has 0 bridgehead atoms. The Balaban J connectivity index is 1.93. The lowest BCUT2D eigenvalue weighted by Gasteiger charge is -2.09. The van der Waals surface area contributed by atoms with Crippen molar-refractivity contribution < 1.29 is 14.3 Å². The SMILES string of the molecule is CC(=O)c1cccc(OC(=O)CC2CCCC2)c1. The lowest BCUT2D eigenvalue weighted by atomic mass is 10.0. The van der Waals surface area contributed by atoms with Crippen molar-refractivity contribution in [1.82, 2.24) is 0 Å². The van der Waals surface area contributed by atoms with Gasteiger partial charge in [-0.15, -0.1) is 0 Å². The summed E-state index contributed by atoms with van der Waals surface area (Å²) in [6, 6.07) is 6.78. The van der Waals surface area contributed by atoms with Crippen molar-refractivity contribution in [3.63, 3.8) is 0 Å². The van der Waals surface area contributed by atoms with Gasteiger partial charge in [-0.05, 0) is 37.8 Å². The zero-order chi connectivity index (χ0) is 13.0. The van der Waals surface area contributed by atoms with Gasteiger partial charge in [-0.2, -0.15) is 0 Å². The first-order valence-electron chi connectivity index (χ1n) is 6.47. The summed E-state index contributed by atoms with van der Waals surface area (Å²) in [6.07, 6.45) is 5.19. The van der Waals surface area contributed by atoms with E-state index in [-0.39, 0.29) is 11.8 Å². The molecule has 0 atom stereocenters. The molecule has 1 aromatic rings. The van der Waals surface area contributed by atoms with Gasteiger partial charge >= 0.3 is 5.97 Å². The second-order valence-electron chi connectivity index (χ2n) is 4.91.